The minimum absolute atomic E-state index is 0.390. The van der Waals surface area contributed by atoms with Gasteiger partial charge in [0.2, 0.25) is 0 Å². The molecular weight excluding hydrogens is 174 g/mol. The molecule has 0 aromatic heterocycles. The molecular formula is C12H25NO. The first-order valence-corrected chi connectivity index (χ1v) is 6.07. The molecule has 1 fully saturated rings. The van der Waals surface area contributed by atoms with E-state index in [9.17, 15) is 5.11 Å². The maximum absolute atomic E-state index is 10.5. The number of hydrogen-bond donors (Lipinski definition) is 1. The van der Waals surface area contributed by atoms with Gasteiger partial charge in [0.05, 0.1) is 5.60 Å². The summed E-state index contributed by atoms with van der Waals surface area (Å²) in [4.78, 5) is 2.44. The summed E-state index contributed by atoms with van der Waals surface area (Å²) >= 11 is 0. The molecule has 14 heavy (non-hydrogen) atoms. The van der Waals surface area contributed by atoms with Crippen LogP contribution < -0.4 is 0 Å². The van der Waals surface area contributed by atoms with Gasteiger partial charge >= 0.3 is 0 Å². The number of hydrogen-bond acceptors (Lipinski definition) is 2. The van der Waals surface area contributed by atoms with E-state index in [1.165, 1.54) is 0 Å². The third-order valence-corrected chi connectivity index (χ3v) is 3.92. The molecule has 0 bridgehead atoms. The van der Waals surface area contributed by atoms with Crippen LogP contribution in [0.5, 0.6) is 0 Å². The van der Waals surface area contributed by atoms with E-state index in [4.69, 9.17) is 0 Å². The van der Waals surface area contributed by atoms with Crippen LogP contribution >= 0.6 is 0 Å². The summed E-state index contributed by atoms with van der Waals surface area (Å²) in [6.45, 7) is 9.91. The Balaban J connectivity index is 2.55. The Labute approximate surface area is 88.3 Å². The van der Waals surface area contributed by atoms with Gasteiger partial charge in [-0.25, -0.2) is 0 Å². The Morgan fingerprint density at radius 3 is 2.57 bits per heavy atom. The van der Waals surface area contributed by atoms with Crippen LogP contribution in [-0.4, -0.2) is 35.2 Å². The van der Waals surface area contributed by atoms with Crippen LogP contribution in [0.1, 0.15) is 46.5 Å². The molecule has 1 aliphatic rings. The fourth-order valence-electron chi connectivity index (χ4n) is 2.39. The van der Waals surface area contributed by atoms with Gasteiger partial charge in [0, 0.05) is 6.54 Å². The molecule has 0 spiro atoms. The quantitative estimate of drug-likeness (QED) is 0.753. The molecule has 1 saturated heterocycles. The molecule has 2 unspecified atom stereocenters. The normalized spacial score (nSPS) is 32.6. The third kappa shape index (κ3) is 2.71. The van der Waals surface area contributed by atoms with E-state index in [1.807, 2.05) is 0 Å². The lowest BCUT2D eigenvalue weighted by Gasteiger charge is -2.32. The van der Waals surface area contributed by atoms with Crippen molar-refractivity contribution in [3.8, 4) is 0 Å². The maximum Gasteiger partial charge on any atom is 0.0685 e. The molecule has 0 aromatic carbocycles. The summed E-state index contributed by atoms with van der Waals surface area (Å²) in [5.74, 6) is 0.444. The molecule has 2 nitrogen and oxygen atoms in total. The Hall–Kier alpha value is -0.0800. The topological polar surface area (TPSA) is 23.5 Å². The largest absolute Gasteiger partial charge is 0.390 e. The molecule has 1 aliphatic heterocycles. The number of aliphatic hydroxyl groups is 1. The predicted octanol–water partition coefficient (Wildman–Crippen LogP) is 2.27. The van der Waals surface area contributed by atoms with E-state index in [2.05, 4.69) is 25.7 Å². The van der Waals surface area contributed by atoms with Gasteiger partial charge in [-0.05, 0) is 38.3 Å². The first kappa shape index (κ1) is 12.0. The summed E-state index contributed by atoms with van der Waals surface area (Å²) < 4.78 is 0. The van der Waals surface area contributed by atoms with Gasteiger partial charge in [-0.1, -0.05) is 27.2 Å². The summed E-state index contributed by atoms with van der Waals surface area (Å²) in [6.07, 6.45) is 4.17. The standard InChI is InChI=1S/C12H25NO/c1-4-11(3)12(14)7-6-9-13(5-2)10-8-12/h11,14H,4-10H2,1-3H3. The fraction of sp³-hybridized carbons (Fsp3) is 1.00. The van der Waals surface area contributed by atoms with Crippen molar-refractivity contribution in [2.45, 2.75) is 52.1 Å². The Morgan fingerprint density at radius 2 is 2.00 bits per heavy atom. The molecule has 0 radical (unpaired) electrons. The highest BCUT2D eigenvalue weighted by atomic mass is 16.3. The highest BCUT2D eigenvalue weighted by molar-refractivity contribution is 4.87. The molecule has 0 aromatic rings. The van der Waals surface area contributed by atoms with Crippen LogP contribution in [0.4, 0.5) is 0 Å². The van der Waals surface area contributed by atoms with E-state index in [1.54, 1.807) is 0 Å². The highest BCUT2D eigenvalue weighted by Gasteiger charge is 2.34. The van der Waals surface area contributed by atoms with Crippen molar-refractivity contribution >= 4 is 0 Å². The molecule has 1 N–H and O–H groups in total. The van der Waals surface area contributed by atoms with Gasteiger partial charge in [-0.3, -0.25) is 0 Å². The van der Waals surface area contributed by atoms with Crippen LogP contribution in [0.2, 0.25) is 0 Å². The molecule has 1 rings (SSSR count). The van der Waals surface area contributed by atoms with Crippen molar-refractivity contribution in [2.75, 3.05) is 19.6 Å². The van der Waals surface area contributed by atoms with Gasteiger partial charge in [-0.2, -0.15) is 0 Å². The zero-order chi connectivity index (χ0) is 10.6. The van der Waals surface area contributed by atoms with E-state index < -0.39 is 5.60 Å². The first-order chi connectivity index (χ1) is 6.62. The summed E-state index contributed by atoms with van der Waals surface area (Å²) in [7, 11) is 0. The van der Waals surface area contributed by atoms with E-state index in [0.717, 1.165) is 45.3 Å². The van der Waals surface area contributed by atoms with Gasteiger partial charge < -0.3 is 10.0 Å². The lowest BCUT2D eigenvalue weighted by molar-refractivity contribution is -0.0258. The molecule has 0 aliphatic carbocycles. The molecule has 2 atom stereocenters. The average molecular weight is 199 g/mol. The van der Waals surface area contributed by atoms with Crippen molar-refractivity contribution in [3.63, 3.8) is 0 Å². The third-order valence-electron chi connectivity index (χ3n) is 3.92. The lowest BCUT2D eigenvalue weighted by atomic mass is 9.81. The number of rotatable bonds is 3. The van der Waals surface area contributed by atoms with Gasteiger partial charge in [0.1, 0.15) is 0 Å². The number of nitrogens with zero attached hydrogens (tertiary/aromatic N) is 1. The zero-order valence-electron chi connectivity index (χ0n) is 9.92. The minimum Gasteiger partial charge on any atom is -0.390 e. The van der Waals surface area contributed by atoms with Crippen molar-refractivity contribution in [1.82, 2.24) is 4.90 Å². The Bertz CT molecular complexity index is 172. The molecule has 0 amide bonds. The van der Waals surface area contributed by atoms with Crippen LogP contribution in [0.25, 0.3) is 0 Å². The summed E-state index contributed by atoms with van der Waals surface area (Å²) in [6, 6.07) is 0. The summed E-state index contributed by atoms with van der Waals surface area (Å²) in [5.41, 5.74) is -0.390. The lowest BCUT2D eigenvalue weighted by Crippen LogP contribution is -2.37. The zero-order valence-corrected chi connectivity index (χ0v) is 9.92. The van der Waals surface area contributed by atoms with Gasteiger partial charge in [0.25, 0.3) is 0 Å². The van der Waals surface area contributed by atoms with Crippen molar-refractivity contribution in [2.24, 2.45) is 5.92 Å². The fourth-order valence-corrected chi connectivity index (χ4v) is 2.39. The van der Waals surface area contributed by atoms with Crippen LogP contribution in [-0.2, 0) is 0 Å². The second-order valence-corrected chi connectivity index (χ2v) is 4.70. The highest BCUT2D eigenvalue weighted by Crippen LogP contribution is 2.31. The molecule has 1 heterocycles. The van der Waals surface area contributed by atoms with Crippen LogP contribution in [0.3, 0.4) is 0 Å². The second kappa shape index (κ2) is 5.13. The Kier molecular flexibility index (Phi) is 4.39. The van der Waals surface area contributed by atoms with Gasteiger partial charge in [-0.15, -0.1) is 0 Å². The van der Waals surface area contributed by atoms with Crippen molar-refractivity contribution in [3.05, 3.63) is 0 Å². The van der Waals surface area contributed by atoms with E-state index in [-0.39, 0.29) is 0 Å². The maximum atomic E-state index is 10.5. The van der Waals surface area contributed by atoms with Gasteiger partial charge in [0.15, 0.2) is 0 Å². The smallest absolute Gasteiger partial charge is 0.0685 e. The van der Waals surface area contributed by atoms with E-state index >= 15 is 0 Å². The minimum atomic E-state index is -0.390. The molecule has 2 heteroatoms. The Morgan fingerprint density at radius 1 is 1.29 bits per heavy atom. The SMILES string of the molecule is CCC(C)C1(O)CCCN(CC)CC1. The average Bonchev–Trinajstić information content (AvgIpc) is 2.40. The van der Waals surface area contributed by atoms with Crippen molar-refractivity contribution in [1.29, 1.82) is 0 Å². The first-order valence-electron chi connectivity index (χ1n) is 6.07. The summed E-state index contributed by atoms with van der Waals surface area (Å²) in [5, 5.41) is 10.5. The van der Waals surface area contributed by atoms with Crippen molar-refractivity contribution < 1.29 is 5.11 Å². The number of likely N-dealkylation sites (tertiary alicyclic amines) is 1. The van der Waals surface area contributed by atoms with Crippen LogP contribution in [0.15, 0.2) is 0 Å². The molecule has 84 valence electrons. The predicted molar refractivity (Wildman–Crippen MR) is 60.4 cm³/mol. The van der Waals surface area contributed by atoms with E-state index in [0.29, 0.717) is 5.92 Å². The second-order valence-electron chi connectivity index (χ2n) is 4.70. The monoisotopic (exact) mass is 199 g/mol. The van der Waals surface area contributed by atoms with Crippen LogP contribution in [0, 0.1) is 5.92 Å². The molecule has 0 saturated carbocycles.